The third-order valence-corrected chi connectivity index (χ3v) is 4.64. The average molecular weight is 416 g/mol. The number of amides is 1. The molecule has 0 unspecified atom stereocenters. The number of anilines is 2. The molecule has 0 spiro atoms. The van der Waals surface area contributed by atoms with E-state index in [9.17, 15) is 9.18 Å². The molecule has 2 heterocycles. The second-order valence-electron chi connectivity index (χ2n) is 7.03. The predicted octanol–water partition coefficient (Wildman–Crippen LogP) is 4.90. The normalized spacial score (nSPS) is 10.6. The van der Waals surface area contributed by atoms with Crippen LogP contribution in [0.15, 0.2) is 77.5 Å². The summed E-state index contributed by atoms with van der Waals surface area (Å²) in [6, 6.07) is 17.2. The lowest BCUT2D eigenvalue weighted by Crippen LogP contribution is -2.25. The number of furan rings is 1. The van der Waals surface area contributed by atoms with Crippen LogP contribution >= 0.6 is 0 Å². The van der Waals surface area contributed by atoms with Crippen molar-refractivity contribution in [3.8, 4) is 11.1 Å². The molecule has 2 aromatic heterocycles. The number of hydrogen-bond donors (Lipinski definition) is 2. The summed E-state index contributed by atoms with van der Waals surface area (Å²) in [5, 5.41) is 5.97. The Bertz CT molecular complexity index is 1190. The van der Waals surface area contributed by atoms with Crippen molar-refractivity contribution in [3.63, 3.8) is 0 Å². The largest absolute Gasteiger partial charge is 0.466 e. The molecule has 0 saturated heterocycles. The fraction of sp³-hybridized carbons (Fsp3) is 0.125. The molecule has 0 saturated carbocycles. The van der Waals surface area contributed by atoms with E-state index in [1.807, 2.05) is 25.1 Å². The van der Waals surface area contributed by atoms with E-state index in [4.69, 9.17) is 4.42 Å². The van der Waals surface area contributed by atoms with Gasteiger partial charge in [0.1, 0.15) is 17.3 Å². The van der Waals surface area contributed by atoms with E-state index in [0.717, 1.165) is 11.5 Å². The first-order valence-electron chi connectivity index (χ1n) is 9.85. The van der Waals surface area contributed by atoms with Crippen molar-refractivity contribution in [2.45, 2.75) is 13.3 Å². The molecule has 0 aliphatic heterocycles. The summed E-state index contributed by atoms with van der Waals surface area (Å²) >= 11 is 0. The van der Waals surface area contributed by atoms with Crippen LogP contribution in [0.25, 0.3) is 11.1 Å². The monoisotopic (exact) mass is 416 g/mol. The molecule has 0 aliphatic rings. The van der Waals surface area contributed by atoms with Gasteiger partial charge in [-0.25, -0.2) is 14.4 Å². The van der Waals surface area contributed by atoms with Gasteiger partial charge in [0.2, 0.25) is 5.95 Å². The molecule has 4 rings (SSSR count). The Kier molecular flexibility index (Phi) is 6.03. The fourth-order valence-electron chi connectivity index (χ4n) is 3.10. The molecule has 2 N–H and O–H groups in total. The van der Waals surface area contributed by atoms with Crippen molar-refractivity contribution in [2.24, 2.45) is 0 Å². The van der Waals surface area contributed by atoms with E-state index in [1.54, 1.807) is 42.7 Å². The highest BCUT2D eigenvalue weighted by molar-refractivity contribution is 5.95. The van der Waals surface area contributed by atoms with Gasteiger partial charge in [-0.3, -0.25) is 4.79 Å². The molecular formula is C24H21FN4O2. The minimum Gasteiger partial charge on any atom is -0.466 e. The van der Waals surface area contributed by atoms with Gasteiger partial charge in [0, 0.05) is 42.2 Å². The summed E-state index contributed by atoms with van der Waals surface area (Å²) in [6.45, 7) is 2.37. The topological polar surface area (TPSA) is 80.0 Å². The van der Waals surface area contributed by atoms with Crippen LogP contribution in [0.2, 0.25) is 0 Å². The van der Waals surface area contributed by atoms with Crippen LogP contribution in [0.5, 0.6) is 0 Å². The number of aryl methyl sites for hydroxylation is 1. The molecule has 2 aromatic carbocycles. The lowest BCUT2D eigenvalue weighted by Gasteiger charge is -2.08. The van der Waals surface area contributed by atoms with Crippen molar-refractivity contribution < 1.29 is 13.6 Å². The Morgan fingerprint density at radius 1 is 1.00 bits per heavy atom. The van der Waals surface area contributed by atoms with Gasteiger partial charge in [-0.05, 0) is 55.0 Å². The Balaban J connectivity index is 1.37. The molecule has 4 aromatic rings. The molecular weight excluding hydrogens is 395 g/mol. The van der Waals surface area contributed by atoms with E-state index in [0.29, 0.717) is 41.3 Å². The zero-order valence-corrected chi connectivity index (χ0v) is 16.9. The first-order valence-corrected chi connectivity index (χ1v) is 9.85. The third-order valence-electron chi connectivity index (χ3n) is 4.64. The number of halogens is 1. The summed E-state index contributed by atoms with van der Waals surface area (Å²) in [5.41, 5.74) is 2.63. The number of benzene rings is 2. The summed E-state index contributed by atoms with van der Waals surface area (Å²) < 4.78 is 18.9. The number of carbonyl (C=O) groups is 1. The third kappa shape index (κ3) is 5.33. The molecule has 31 heavy (non-hydrogen) atoms. The Morgan fingerprint density at radius 2 is 1.81 bits per heavy atom. The number of aromatic nitrogens is 2. The number of hydrogen-bond acceptors (Lipinski definition) is 5. The summed E-state index contributed by atoms with van der Waals surface area (Å²) in [6.07, 6.45) is 3.87. The number of carbonyl (C=O) groups excluding carboxylic acids is 1. The van der Waals surface area contributed by atoms with Crippen molar-refractivity contribution >= 4 is 17.5 Å². The smallest absolute Gasteiger partial charge is 0.251 e. The number of rotatable bonds is 7. The van der Waals surface area contributed by atoms with Gasteiger partial charge >= 0.3 is 0 Å². The van der Waals surface area contributed by atoms with Crippen LogP contribution < -0.4 is 10.6 Å². The zero-order chi connectivity index (χ0) is 21.6. The highest BCUT2D eigenvalue weighted by Gasteiger charge is 2.08. The van der Waals surface area contributed by atoms with E-state index in [-0.39, 0.29) is 11.7 Å². The minimum atomic E-state index is -0.311. The molecule has 0 aliphatic carbocycles. The maximum absolute atomic E-state index is 13.4. The number of nitrogens with zero attached hydrogens (tertiary/aromatic N) is 2. The van der Waals surface area contributed by atoms with E-state index < -0.39 is 0 Å². The molecule has 1 amide bonds. The Hall–Kier alpha value is -4.00. The van der Waals surface area contributed by atoms with E-state index in [1.165, 1.54) is 12.1 Å². The van der Waals surface area contributed by atoms with Crippen LogP contribution in [-0.2, 0) is 6.42 Å². The second kappa shape index (κ2) is 9.21. The van der Waals surface area contributed by atoms with E-state index in [2.05, 4.69) is 20.6 Å². The quantitative estimate of drug-likeness (QED) is 0.448. The van der Waals surface area contributed by atoms with Gasteiger partial charge in [-0.15, -0.1) is 0 Å². The van der Waals surface area contributed by atoms with Crippen molar-refractivity contribution in [1.82, 2.24) is 15.3 Å². The van der Waals surface area contributed by atoms with Gasteiger partial charge in [0.05, 0.1) is 0 Å². The van der Waals surface area contributed by atoms with Crippen LogP contribution in [0.1, 0.15) is 21.9 Å². The molecule has 0 radical (unpaired) electrons. The Morgan fingerprint density at radius 3 is 2.55 bits per heavy atom. The summed E-state index contributed by atoms with van der Waals surface area (Å²) in [4.78, 5) is 21.0. The Labute approximate surface area is 179 Å². The first-order chi connectivity index (χ1) is 15.1. The minimum absolute atomic E-state index is 0.172. The van der Waals surface area contributed by atoms with Gasteiger partial charge < -0.3 is 15.1 Å². The van der Waals surface area contributed by atoms with Crippen LogP contribution in [0, 0.1) is 12.7 Å². The second-order valence-corrected chi connectivity index (χ2v) is 7.03. The van der Waals surface area contributed by atoms with Gasteiger partial charge in [-0.1, -0.05) is 18.2 Å². The van der Waals surface area contributed by atoms with Crippen molar-refractivity contribution in [3.05, 3.63) is 96.0 Å². The predicted molar refractivity (Wildman–Crippen MR) is 117 cm³/mol. The average Bonchev–Trinajstić information content (AvgIpc) is 3.19. The van der Waals surface area contributed by atoms with Crippen molar-refractivity contribution in [1.29, 1.82) is 0 Å². The number of nitrogens with one attached hydrogen (secondary N) is 2. The zero-order valence-electron chi connectivity index (χ0n) is 16.9. The van der Waals surface area contributed by atoms with Crippen LogP contribution in [-0.4, -0.2) is 22.4 Å². The molecule has 0 fully saturated rings. The molecule has 6 nitrogen and oxygen atoms in total. The van der Waals surface area contributed by atoms with Gasteiger partial charge in [-0.2, -0.15) is 0 Å². The fourth-order valence-corrected chi connectivity index (χ4v) is 3.10. The lowest BCUT2D eigenvalue weighted by atomic mass is 10.1. The maximum atomic E-state index is 13.4. The lowest BCUT2D eigenvalue weighted by molar-refractivity contribution is 0.0953. The highest BCUT2D eigenvalue weighted by Crippen LogP contribution is 2.20. The highest BCUT2D eigenvalue weighted by atomic mass is 19.1. The van der Waals surface area contributed by atoms with Crippen molar-refractivity contribution in [2.75, 3.05) is 11.9 Å². The van der Waals surface area contributed by atoms with Gasteiger partial charge in [0.15, 0.2) is 0 Å². The van der Waals surface area contributed by atoms with Crippen LogP contribution in [0.4, 0.5) is 16.0 Å². The molecule has 156 valence electrons. The summed E-state index contributed by atoms with van der Waals surface area (Å²) in [5.74, 6) is 1.59. The SMILES string of the molecule is Cc1ccc(CCNC(=O)c2cccc(Nc3ncc(-c4cccc(F)c4)cn3)c2)o1. The van der Waals surface area contributed by atoms with Gasteiger partial charge in [0.25, 0.3) is 5.91 Å². The first kappa shape index (κ1) is 20.3. The molecule has 7 heteroatoms. The van der Waals surface area contributed by atoms with E-state index >= 15 is 0 Å². The summed E-state index contributed by atoms with van der Waals surface area (Å²) in [7, 11) is 0. The molecule has 0 atom stereocenters. The molecule has 0 bridgehead atoms. The standard InChI is InChI=1S/C24H21FN4O2/c1-16-8-9-22(31-16)10-11-26-23(30)18-5-3-7-21(13-18)29-24-27-14-19(15-28-24)17-4-2-6-20(25)12-17/h2-9,12-15H,10-11H2,1H3,(H,26,30)(H,27,28,29). The van der Waals surface area contributed by atoms with Crippen LogP contribution in [0.3, 0.4) is 0 Å². The maximum Gasteiger partial charge on any atom is 0.251 e.